The fourth-order valence-electron chi connectivity index (χ4n) is 3.28. The summed E-state index contributed by atoms with van der Waals surface area (Å²) in [6, 6.07) is 6.93. The Morgan fingerprint density at radius 3 is 2.09 bits per heavy atom. The molecular formula is C24H42N3O5+. The molecule has 0 bridgehead atoms. The van der Waals surface area contributed by atoms with Crippen molar-refractivity contribution < 1.29 is 28.7 Å². The number of carbonyl (C=O) groups excluding carboxylic acids is 1. The third-order valence-corrected chi connectivity index (χ3v) is 4.74. The zero-order valence-corrected chi connectivity index (χ0v) is 20.2. The van der Waals surface area contributed by atoms with Crippen molar-refractivity contribution in [3.63, 3.8) is 0 Å². The number of rotatable bonds is 17. The monoisotopic (exact) mass is 452 g/mol. The highest BCUT2D eigenvalue weighted by Gasteiger charge is 2.22. The van der Waals surface area contributed by atoms with Crippen molar-refractivity contribution in [2.24, 2.45) is 0 Å². The van der Waals surface area contributed by atoms with Crippen LogP contribution in [0.1, 0.15) is 51.9 Å². The van der Waals surface area contributed by atoms with Crippen LogP contribution in [0.5, 0.6) is 11.5 Å². The van der Waals surface area contributed by atoms with E-state index in [4.69, 9.17) is 14.6 Å². The Balaban J connectivity index is 2.27. The van der Waals surface area contributed by atoms with Crippen molar-refractivity contribution in [2.75, 3.05) is 47.4 Å². The average Bonchev–Trinajstić information content (AvgIpc) is 2.69. The van der Waals surface area contributed by atoms with Crippen LogP contribution >= 0.6 is 0 Å². The van der Waals surface area contributed by atoms with Crippen LogP contribution in [0, 0.1) is 0 Å². The lowest BCUT2D eigenvalue weighted by Gasteiger charge is -2.29. The van der Waals surface area contributed by atoms with Crippen LogP contribution < -0.4 is 20.1 Å². The molecule has 32 heavy (non-hydrogen) atoms. The molecule has 0 saturated carbocycles. The molecular weight excluding hydrogens is 410 g/mol. The lowest BCUT2D eigenvalue weighted by atomic mass is 10.2. The van der Waals surface area contributed by atoms with Gasteiger partial charge in [0.15, 0.2) is 11.5 Å². The normalized spacial score (nSPS) is 12.1. The number of hydrogen-bond acceptors (Lipinski definition) is 4. The maximum atomic E-state index is 12.1. The third kappa shape index (κ3) is 13.7. The van der Waals surface area contributed by atoms with Gasteiger partial charge in [0.25, 0.3) is 0 Å². The van der Waals surface area contributed by atoms with Gasteiger partial charge in [-0.25, -0.2) is 4.79 Å². The predicted molar refractivity (Wildman–Crippen MR) is 126 cm³/mol. The number of carbonyl (C=O) groups is 2. The average molecular weight is 453 g/mol. The highest BCUT2D eigenvalue weighted by Crippen LogP contribution is 2.26. The number of amides is 2. The van der Waals surface area contributed by atoms with Crippen molar-refractivity contribution in [3.05, 3.63) is 24.3 Å². The summed E-state index contributed by atoms with van der Waals surface area (Å²) in [5, 5.41) is 14.6. The SMILES string of the molecule is CCCCCCOc1ccccc1OCCCCNC(=O)NC(CC(=O)O)C[N+](C)(C)C. The van der Waals surface area contributed by atoms with E-state index in [0.29, 0.717) is 30.8 Å². The Morgan fingerprint density at radius 2 is 1.56 bits per heavy atom. The van der Waals surface area contributed by atoms with Gasteiger partial charge in [-0.05, 0) is 31.4 Å². The van der Waals surface area contributed by atoms with Gasteiger partial charge in [0.05, 0.1) is 53.4 Å². The number of hydrogen-bond donors (Lipinski definition) is 3. The molecule has 1 aromatic rings. The second kappa shape index (κ2) is 15.3. The lowest BCUT2D eigenvalue weighted by molar-refractivity contribution is -0.871. The Labute approximate surface area is 192 Å². The lowest BCUT2D eigenvalue weighted by Crippen LogP contribution is -2.52. The van der Waals surface area contributed by atoms with E-state index in [1.54, 1.807) is 0 Å². The molecule has 0 heterocycles. The maximum Gasteiger partial charge on any atom is 0.315 e. The molecule has 0 fully saturated rings. The van der Waals surface area contributed by atoms with Crippen LogP contribution in [-0.4, -0.2) is 75.1 Å². The summed E-state index contributed by atoms with van der Waals surface area (Å²) in [7, 11) is 5.89. The number of likely N-dealkylation sites (N-methyl/N-ethyl adjacent to an activating group) is 1. The van der Waals surface area contributed by atoms with E-state index in [1.807, 2.05) is 45.4 Å². The number of urea groups is 1. The summed E-state index contributed by atoms with van der Waals surface area (Å²) in [4.78, 5) is 23.2. The van der Waals surface area contributed by atoms with E-state index in [2.05, 4.69) is 17.6 Å². The number of benzene rings is 1. The molecule has 182 valence electrons. The standard InChI is InChI=1S/C24H41N3O5/c1-5-6-7-11-16-31-21-13-8-9-14-22(21)32-17-12-10-15-25-24(30)26-20(18-23(28)29)19-27(2,3)4/h8-9,13-14,20H,5-7,10-12,15-19H2,1-4H3,(H2-,25,26,28,29,30)/p+1. The van der Waals surface area contributed by atoms with Crippen molar-refractivity contribution in [1.82, 2.24) is 10.6 Å². The quantitative estimate of drug-likeness (QED) is 0.248. The van der Waals surface area contributed by atoms with Crippen LogP contribution in [0.3, 0.4) is 0 Å². The van der Waals surface area contributed by atoms with Gasteiger partial charge in [-0.1, -0.05) is 38.3 Å². The van der Waals surface area contributed by atoms with E-state index in [1.165, 1.54) is 19.3 Å². The van der Waals surface area contributed by atoms with Crippen LogP contribution in [0.4, 0.5) is 4.79 Å². The van der Waals surface area contributed by atoms with Crippen LogP contribution in [0.2, 0.25) is 0 Å². The number of quaternary nitrogens is 1. The highest BCUT2D eigenvalue weighted by atomic mass is 16.5. The molecule has 3 N–H and O–H groups in total. The minimum atomic E-state index is -0.925. The van der Waals surface area contributed by atoms with Gasteiger partial charge in [-0.15, -0.1) is 0 Å². The molecule has 1 aromatic carbocycles. The van der Waals surface area contributed by atoms with Gasteiger partial charge in [-0.3, -0.25) is 4.79 Å². The van der Waals surface area contributed by atoms with Crippen LogP contribution in [0.25, 0.3) is 0 Å². The molecule has 0 radical (unpaired) electrons. The first-order chi connectivity index (χ1) is 15.2. The molecule has 1 rings (SSSR count). The van der Waals surface area contributed by atoms with Crippen molar-refractivity contribution >= 4 is 12.0 Å². The molecule has 8 nitrogen and oxygen atoms in total. The van der Waals surface area contributed by atoms with E-state index in [0.717, 1.165) is 30.8 Å². The van der Waals surface area contributed by atoms with Gasteiger partial charge >= 0.3 is 12.0 Å². The first kappa shape index (κ1) is 27.6. The van der Waals surface area contributed by atoms with Crippen LogP contribution in [-0.2, 0) is 4.79 Å². The highest BCUT2D eigenvalue weighted by molar-refractivity contribution is 5.75. The molecule has 1 atom stereocenters. The summed E-state index contributed by atoms with van der Waals surface area (Å²) in [5.41, 5.74) is 0. The van der Waals surface area contributed by atoms with Gasteiger partial charge in [0, 0.05) is 6.54 Å². The molecule has 0 spiro atoms. The van der Waals surface area contributed by atoms with Crippen molar-refractivity contribution in [3.8, 4) is 11.5 Å². The summed E-state index contributed by atoms with van der Waals surface area (Å²) in [6.45, 7) is 4.44. The van der Waals surface area contributed by atoms with Gasteiger partial charge < -0.3 is 29.7 Å². The van der Waals surface area contributed by atoms with Crippen molar-refractivity contribution in [2.45, 2.75) is 57.9 Å². The Bertz CT molecular complexity index is 676. The molecule has 0 saturated heterocycles. The van der Waals surface area contributed by atoms with E-state index in [-0.39, 0.29) is 12.5 Å². The van der Waals surface area contributed by atoms with E-state index < -0.39 is 12.0 Å². The van der Waals surface area contributed by atoms with Gasteiger partial charge in [-0.2, -0.15) is 0 Å². The van der Waals surface area contributed by atoms with Gasteiger partial charge in [0.2, 0.25) is 0 Å². The summed E-state index contributed by atoms with van der Waals surface area (Å²) >= 11 is 0. The topological polar surface area (TPSA) is 96.9 Å². The fourth-order valence-corrected chi connectivity index (χ4v) is 3.28. The number of aliphatic carboxylic acids is 1. The summed E-state index contributed by atoms with van der Waals surface area (Å²) < 4.78 is 12.3. The number of unbranched alkanes of at least 4 members (excludes halogenated alkanes) is 4. The smallest absolute Gasteiger partial charge is 0.315 e. The number of ether oxygens (including phenoxy) is 2. The zero-order valence-electron chi connectivity index (χ0n) is 20.2. The summed E-state index contributed by atoms with van der Waals surface area (Å²) in [5.74, 6) is 0.583. The Hall–Kier alpha value is -2.48. The molecule has 0 aromatic heterocycles. The second-order valence-corrected chi connectivity index (χ2v) is 9.08. The number of nitrogens with one attached hydrogen (secondary N) is 2. The number of carboxylic acids is 1. The fraction of sp³-hybridized carbons (Fsp3) is 0.667. The molecule has 0 aliphatic heterocycles. The minimum Gasteiger partial charge on any atom is -0.490 e. The molecule has 0 aliphatic rings. The minimum absolute atomic E-state index is 0.100. The molecule has 2 amide bonds. The summed E-state index contributed by atoms with van der Waals surface area (Å²) in [6.07, 6.45) is 6.08. The molecule has 1 unspecified atom stereocenters. The van der Waals surface area contributed by atoms with Crippen LogP contribution in [0.15, 0.2) is 24.3 Å². The third-order valence-electron chi connectivity index (χ3n) is 4.74. The van der Waals surface area contributed by atoms with Crippen molar-refractivity contribution in [1.29, 1.82) is 0 Å². The zero-order chi connectivity index (χ0) is 23.8. The first-order valence-electron chi connectivity index (χ1n) is 11.6. The maximum absolute atomic E-state index is 12.1. The largest absolute Gasteiger partial charge is 0.490 e. The Kier molecular flexibility index (Phi) is 13.2. The predicted octanol–water partition coefficient (Wildman–Crippen LogP) is 3.65. The first-order valence-corrected chi connectivity index (χ1v) is 11.6. The second-order valence-electron chi connectivity index (χ2n) is 9.08. The molecule has 0 aliphatic carbocycles. The Morgan fingerprint density at radius 1 is 0.969 bits per heavy atom. The van der Waals surface area contributed by atoms with E-state index >= 15 is 0 Å². The number of para-hydroxylation sites is 2. The molecule has 8 heteroatoms. The van der Waals surface area contributed by atoms with Gasteiger partial charge in [0.1, 0.15) is 0 Å². The van der Waals surface area contributed by atoms with E-state index in [9.17, 15) is 9.59 Å². The number of nitrogens with zero attached hydrogens (tertiary/aromatic N) is 1. The number of carboxylic acid groups (broad SMARTS) is 1.